The first kappa shape index (κ1) is 21.9. The summed E-state index contributed by atoms with van der Waals surface area (Å²) in [6.45, 7) is 7.52. The van der Waals surface area contributed by atoms with Crippen molar-refractivity contribution in [3.63, 3.8) is 0 Å². The molecule has 1 aliphatic rings. The van der Waals surface area contributed by atoms with Crippen LogP contribution < -0.4 is 9.47 Å². The lowest BCUT2D eigenvalue weighted by Crippen LogP contribution is -2.24. The van der Waals surface area contributed by atoms with Gasteiger partial charge in [-0.2, -0.15) is 4.98 Å². The minimum absolute atomic E-state index is 0.0575. The summed E-state index contributed by atoms with van der Waals surface area (Å²) in [5, 5.41) is 4.15. The number of hydrogen-bond donors (Lipinski definition) is 0. The molecular weight excluding hydrogens is 406 g/mol. The SMILES string of the molecule is COc1ccc(CN2CC(c3nc(-c4ccc(C(C)(C)C)cc4)no3)CC2=O)c(OC)c1. The predicted molar refractivity (Wildman–Crippen MR) is 121 cm³/mol. The molecule has 0 aliphatic carbocycles. The molecule has 1 aliphatic heterocycles. The molecule has 0 spiro atoms. The molecule has 2 aromatic carbocycles. The molecule has 1 aromatic heterocycles. The zero-order valence-electron chi connectivity index (χ0n) is 19.2. The highest BCUT2D eigenvalue weighted by Gasteiger charge is 2.34. The van der Waals surface area contributed by atoms with Crippen molar-refractivity contribution in [3.8, 4) is 22.9 Å². The number of hydrogen-bond acceptors (Lipinski definition) is 6. The van der Waals surface area contributed by atoms with Gasteiger partial charge in [-0.15, -0.1) is 0 Å². The largest absolute Gasteiger partial charge is 0.497 e. The second-order valence-electron chi connectivity index (χ2n) is 9.14. The summed E-state index contributed by atoms with van der Waals surface area (Å²) in [5.41, 5.74) is 3.15. The van der Waals surface area contributed by atoms with Crippen molar-refractivity contribution in [1.82, 2.24) is 15.0 Å². The Balaban J connectivity index is 1.47. The van der Waals surface area contributed by atoms with Crippen molar-refractivity contribution < 1.29 is 18.8 Å². The lowest BCUT2D eigenvalue weighted by molar-refractivity contribution is -0.128. The molecule has 7 heteroatoms. The molecule has 1 fully saturated rings. The van der Waals surface area contributed by atoms with E-state index < -0.39 is 0 Å². The maximum absolute atomic E-state index is 12.7. The summed E-state index contributed by atoms with van der Waals surface area (Å²) in [6, 6.07) is 13.8. The molecule has 1 saturated heterocycles. The molecule has 1 atom stereocenters. The third kappa shape index (κ3) is 4.47. The van der Waals surface area contributed by atoms with Gasteiger partial charge in [0.2, 0.25) is 17.6 Å². The first-order chi connectivity index (χ1) is 15.3. The zero-order valence-corrected chi connectivity index (χ0v) is 19.2. The van der Waals surface area contributed by atoms with Gasteiger partial charge in [-0.1, -0.05) is 50.2 Å². The highest BCUT2D eigenvalue weighted by molar-refractivity contribution is 5.79. The van der Waals surface area contributed by atoms with E-state index in [1.54, 1.807) is 19.1 Å². The summed E-state index contributed by atoms with van der Waals surface area (Å²) in [7, 11) is 3.22. The minimum atomic E-state index is -0.123. The molecule has 0 bridgehead atoms. The highest BCUT2D eigenvalue weighted by Crippen LogP contribution is 2.32. The van der Waals surface area contributed by atoms with Crippen molar-refractivity contribution in [2.45, 2.75) is 45.1 Å². The van der Waals surface area contributed by atoms with Crippen LogP contribution in [0, 0.1) is 0 Å². The van der Waals surface area contributed by atoms with Crippen LogP contribution in [-0.2, 0) is 16.8 Å². The zero-order chi connectivity index (χ0) is 22.9. The lowest BCUT2D eigenvalue weighted by atomic mass is 9.87. The van der Waals surface area contributed by atoms with E-state index in [1.165, 1.54) is 5.56 Å². The molecule has 1 amide bonds. The Kier molecular flexibility index (Phi) is 5.91. The van der Waals surface area contributed by atoms with Gasteiger partial charge in [-0.05, 0) is 23.1 Å². The van der Waals surface area contributed by atoms with Crippen LogP contribution in [0.1, 0.15) is 50.1 Å². The van der Waals surface area contributed by atoms with E-state index in [1.807, 2.05) is 30.3 Å². The van der Waals surface area contributed by atoms with Gasteiger partial charge in [-0.25, -0.2) is 0 Å². The van der Waals surface area contributed by atoms with Crippen LogP contribution in [0.5, 0.6) is 11.5 Å². The number of carbonyl (C=O) groups is 1. The Morgan fingerprint density at radius 3 is 2.50 bits per heavy atom. The fourth-order valence-electron chi connectivity index (χ4n) is 3.92. The Morgan fingerprint density at radius 1 is 1.09 bits per heavy atom. The van der Waals surface area contributed by atoms with E-state index in [9.17, 15) is 4.79 Å². The summed E-state index contributed by atoms with van der Waals surface area (Å²) in [6.07, 6.45) is 0.350. The number of benzene rings is 2. The predicted octanol–water partition coefficient (Wildman–Crippen LogP) is 4.57. The van der Waals surface area contributed by atoms with Crippen LogP contribution in [0.15, 0.2) is 47.0 Å². The summed E-state index contributed by atoms with van der Waals surface area (Å²) in [4.78, 5) is 19.1. The van der Waals surface area contributed by atoms with E-state index >= 15 is 0 Å². The Bertz CT molecular complexity index is 1100. The van der Waals surface area contributed by atoms with E-state index in [4.69, 9.17) is 14.0 Å². The third-order valence-electron chi connectivity index (χ3n) is 5.87. The van der Waals surface area contributed by atoms with E-state index in [2.05, 4.69) is 43.0 Å². The maximum atomic E-state index is 12.7. The third-order valence-corrected chi connectivity index (χ3v) is 5.87. The lowest BCUT2D eigenvalue weighted by Gasteiger charge is -2.18. The second kappa shape index (κ2) is 8.65. The number of methoxy groups -OCH3 is 2. The standard InChI is InChI=1S/C25H29N3O4/c1-25(2,3)19-9-6-16(7-10-19)23-26-24(32-27-23)18-12-22(29)28(15-18)14-17-8-11-20(30-4)13-21(17)31-5/h6-11,13,18H,12,14-15H2,1-5H3. The monoisotopic (exact) mass is 435 g/mol. The Morgan fingerprint density at radius 2 is 1.84 bits per heavy atom. The molecule has 0 saturated carbocycles. The van der Waals surface area contributed by atoms with Crippen molar-refractivity contribution in [2.24, 2.45) is 0 Å². The number of rotatable bonds is 6. The average molecular weight is 436 g/mol. The molecule has 32 heavy (non-hydrogen) atoms. The molecular formula is C25H29N3O4. The number of likely N-dealkylation sites (tertiary alicyclic amines) is 1. The number of nitrogens with zero attached hydrogens (tertiary/aromatic N) is 3. The quantitative estimate of drug-likeness (QED) is 0.565. The van der Waals surface area contributed by atoms with Crippen molar-refractivity contribution >= 4 is 5.91 Å². The number of aromatic nitrogens is 2. The number of amides is 1. The average Bonchev–Trinajstić information content (AvgIpc) is 3.41. The molecule has 168 valence electrons. The minimum Gasteiger partial charge on any atom is -0.497 e. The van der Waals surface area contributed by atoms with Gasteiger partial charge in [0.15, 0.2) is 0 Å². The van der Waals surface area contributed by atoms with Crippen LogP contribution in [0.2, 0.25) is 0 Å². The van der Waals surface area contributed by atoms with Crippen LogP contribution in [0.4, 0.5) is 0 Å². The molecule has 3 aromatic rings. The molecule has 0 N–H and O–H groups in total. The van der Waals surface area contributed by atoms with Gasteiger partial charge in [0, 0.05) is 36.7 Å². The van der Waals surface area contributed by atoms with Crippen molar-refractivity contribution in [3.05, 3.63) is 59.5 Å². The van der Waals surface area contributed by atoms with Crippen LogP contribution in [0.3, 0.4) is 0 Å². The van der Waals surface area contributed by atoms with Crippen LogP contribution in [-0.4, -0.2) is 41.7 Å². The topological polar surface area (TPSA) is 77.7 Å². The van der Waals surface area contributed by atoms with Gasteiger partial charge >= 0.3 is 0 Å². The van der Waals surface area contributed by atoms with Gasteiger partial charge in [-0.3, -0.25) is 4.79 Å². The van der Waals surface area contributed by atoms with Gasteiger partial charge in [0.1, 0.15) is 11.5 Å². The van der Waals surface area contributed by atoms with Gasteiger partial charge in [0.25, 0.3) is 0 Å². The van der Waals surface area contributed by atoms with E-state index in [-0.39, 0.29) is 17.2 Å². The Labute approximate surface area is 188 Å². The smallest absolute Gasteiger partial charge is 0.232 e. The molecule has 1 unspecified atom stereocenters. The van der Waals surface area contributed by atoms with Crippen LogP contribution >= 0.6 is 0 Å². The molecule has 7 nitrogen and oxygen atoms in total. The van der Waals surface area contributed by atoms with Crippen molar-refractivity contribution in [2.75, 3.05) is 20.8 Å². The number of carbonyl (C=O) groups excluding carboxylic acids is 1. The van der Waals surface area contributed by atoms with E-state index in [0.717, 1.165) is 11.1 Å². The van der Waals surface area contributed by atoms with E-state index in [0.29, 0.717) is 42.7 Å². The number of ether oxygens (including phenoxy) is 2. The summed E-state index contributed by atoms with van der Waals surface area (Å²) in [5.74, 6) is 2.38. The first-order valence-electron chi connectivity index (χ1n) is 10.7. The summed E-state index contributed by atoms with van der Waals surface area (Å²) < 4.78 is 16.3. The first-order valence-corrected chi connectivity index (χ1v) is 10.7. The fraction of sp³-hybridized carbons (Fsp3) is 0.400. The van der Waals surface area contributed by atoms with Gasteiger partial charge < -0.3 is 18.9 Å². The molecule has 2 heterocycles. The molecule has 4 rings (SSSR count). The van der Waals surface area contributed by atoms with Crippen LogP contribution in [0.25, 0.3) is 11.4 Å². The maximum Gasteiger partial charge on any atom is 0.232 e. The second-order valence-corrected chi connectivity index (χ2v) is 9.14. The normalized spacial score (nSPS) is 16.5. The Hall–Kier alpha value is -3.35. The fourth-order valence-corrected chi connectivity index (χ4v) is 3.92. The highest BCUT2D eigenvalue weighted by atomic mass is 16.5. The van der Waals surface area contributed by atoms with Crippen molar-refractivity contribution in [1.29, 1.82) is 0 Å². The summed E-state index contributed by atoms with van der Waals surface area (Å²) >= 11 is 0. The molecule has 0 radical (unpaired) electrons. The van der Waals surface area contributed by atoms with Gasteiger partial charge in [0.05, 0.1) is 20.1 Å².